The minimum Gasteiger partial charge on any atom is -0.368 e. The van der Waals surface area contributed by atoms with Crippen LogP contribution in [0.1, 0.15) is 16.4 Å². The van der Waals surface area contributed by atoms with Crippen LogP contribution >= 0.6 is 11.3 Å². The summed E-state index contributed by atoms with van der Waals surface area (Å²) >= 11 is 1.69. The molecule has 0 aromatic carbocycles. The summed E-state index contributed by atoms with van der Waals surface area (Å²) in [5, 5.41) is 14.5. The van der Waals surface area contributed by atoms with Crippen LogP contribution in [0, 0.1) is 13.8 Å². The summed E-state index contributed by atoms with van der Waals surface area (Å²) in [6, 6.07) is 3.89. The van der Waals surface area contributed by atoms with Crippen LogP contribution in [-0.2, 0) is 6.42 Å². The van der Waals surface area contributed by atoms with E-state index in [1.165, 1.54) is 0 Å². The molecule has 5 heteroatoms. The molecule has 0 amide bonds. The average Bonchev–Trinajstić information content (AvgIpc) is 2.67. The Bertz CT molecular complexity index is 449. The Kier molecular flexibility index (Phi) is 3.46. The van der Waals surface area contributed by atoms with Gasteiger partial charge in [0, 0.05) is 18.3 Å². The maximum atomic E-state index is 4.40. The van der Waals surface area contributed by atoms with Crippen molar-refractivity contribution >= 4 is 17.2 Å². The number of nitrogens with one attached hydrogen (secondary N) is 1. The van der Waals surface area contributed by atoms with E-state index in [4.69, 9.17) is 0 Å². The standard InChI is InChI=1S/C11H14N4S/c1-8-3-4-11(15-14-8)12-6-5-10-7-16-9(2)13-10/h3-4,7H,5-6H2,1-2H3,(H,12,15). The second-order valence-corrected chi connectivity index (χ2v) is 4.66. The summed E-state index contributed by atoms with van der Waals surface area (Å²) in [5.41, 5.74) is 2.07. The highest BCUT2D eigenvalue weighted by Gasteiger charge is 1.98. The first-order valence-corrected chi connectivity index (χ1v) is 6.07. The number of nitrogens with zero attached hydrogens (tertiary/aromatic N) is 3. The molecule has 16 heavy (non-hydrogen) atoms. The van der Waals surface area contributed by atoms with Crippen molar-refractivity contribution in [3.63, 3.8) is 0 Å². The minimum atomic E-state index is 0.817. The van der Waals surface area contributed by atoms with Crippen molar-refractivity contribution in [3.05, 3.63) is 33.9 Å². The first-order chi connectivity index (χ1) is 7.74. The van der Waals surface area contributed by atoms with E-state index < -0.39 is 0 Å². The zero-order valence-corrected chi connectivity index (χ0v) is 10.2. The number of aromatic nitrogens is 3. The largest absolute Gasteiger partial charge is 0.368 e. The van der Waals surface area contributed by atoms with E-state index >= 15 is 0 Å². The Balaban J connectivity index is 1.82. The SMILES string of the molecule is Cc1ccc(NCCc2csc(C)n2)nn1. The molecular formula is C11H14N4S. The summed E-state index contributed by atoms with van der Waals surface area (Å²) < 4.78 is 0. The number of aryl methyl sites for hydroxylation is 2. The zero-order valence-electron chi connectivity index (χ0n) is 9.40. The van der Waals surface area contributed by atoms with Gasteiger partial charge in [-0.15, -0.1) is 16.4 Å². The van der Waals surface area contributed by atoms with E-state index in [1.54, 1.807) is 11.3 Å². The lowest BCUT2D eigenvalue weighted by Gasteiger charge is -2.02. The number of hydrogen-bond donors (Lipinski definition) is 1. The predicted molar refractivity (Wildman–Crippen MR) is 65.8 cm³/mol. The summed E-state index contributed by atoms with van der Waals surface area (Å²) in [6.07, 6.45) is 0.917. The fourth-order valence-corrected chi connectivity index (χ4v) is 1.98. The minimum absolute atomic E-state index is 0.817. The lowest BCUT2D eigenvalue weighted by molar-refractivity contribution is 0.927. The predicted octanol–water partition coefficient (Wildman–Crippen LogP) is 2.20. The summed E-state index contributed by atoms with van der Waals surface area (Å²) in [4.78, 5) is 4.40. The zero-order chi connectivity index (χ0) is 11.4. The van der Waals surface area contributed by atoms with Gasteiger partial charge in [-0.1, -0.05) is 0 Å². The van der Waals surface area contributed by atoms with Gasteiger partial charge in [0.15, 0.2) is 0 Å². The van der Waals surface area contributed by atoms with E-state index in [0.717, 1.165) is 35.2 Å². The molecule has 0 aliphatic rings. The van der Waals surface area contributed by atoms with Gasteiger partial charge in [0.25, 0.3) is 0 Å². The van der Waals surface area contributed by atoms with E-state index in [9.17, 15) is 0 Å². The molecule has 0 aliphatic carbocycles. The molecule has 2 aromatic rings. The molecule has 4 nitrogen and oxygen atoms in total. The smallest absolute Gasteiger partial charge is 0.148 e. The van der Waals surface area contributed by atoms with Crippen LogP contribution in [-0.4, -0.2) is 21.7 Å². The second kappa shape index (κ2) is 5.03. The Labute approximate surface area is 98.8 Å². The van der Waals surface area contributed by atoms with Gasteiger partial charge in [0.05, 0.1) is 16.4 Å². The lowest BCUT2D eigenvalue weighted by atomic mass is 10.3. The molecular weight excluding hydrogens is 220 g/mol. The van der Waals surface area contributed by atoms with E-state index in [-0.39, 0.29) is 0 Å². The van der Waals surface area contributed by atoms with Crippen molar-refractivity contribution in [1.82, 2.24) is 15.2 Å². The number of hydrogen-bond acceptors (Lipinski definition) is 5. The van der Waals surface area contributed by atoms with Crippen molar-refractivity contribution in [2.45, 2.75) is 20.3 Å². The second-order valence-electron chi connectivity index (χ2n) is 3.59. The third-order valence-corrected chi connectivity index (χ3v) is 2.97. The van der Waals surface area contributed by atoms with Crippen LogP contribution in [0.2, 0.25) is 0 Å². The quantitative estimate of drug-likeness (QED) is 0.881. The maximum absolute atomic E-state index is 4.40. The van der Waals surface area contributed by atoms with Gasteiger partial charge in [-0.3, -0.25) is 0 Å². The van der Waals surface area contributed by atoms with Crippen molar-refractivity contribution in [2.75, 3.05) is 11.9 Å². The summed E-state index contributed by atoms with van der Waals surface area (Å²) in [6.45, 7) is 4.78. The fraction of sp³-hybridized carbons (Fsp3) is 0.364. The van der Waals surface area contributed by atoms with Crippen molar-refractivity contribution < 1.29 is 0 Å². The van der Waals surface area contributed by atoms with Crippen LogP contribution in [0.4, 0.5) is 5.82 Å². The Hall–Kier alpha value is -1.49. The van der Waals surface area contributed by atoms with E-state index in [1.807, 2.05) is 26.0 Å². The van der Waals surface area contributed by atoms with Crippen LogP contribution in [0.25, 0.3) is 0 Å². The Morgan fingerprint density at radius 1 is 1.25 bits per heavy atom. The normalized spacial score (nSPS) is 10.4. The molecule has 0 radical (unpaired) electrons. The van der Waals surface area contributed by atoms with Gasteiger partial charge in [-0.05, 0) is 26.0 Å². The molecule has 0 fully saturated rings. The van der Waals surface area contributed by atoms with Gasteiger partial charge >= 0.3 is 0 Å². The van der Waals surface area contributed by atoms with Crippen molar-refractivity contribution in [2.24, 2.45) is 0 Å². The molecule has 2 heterocycles. The highest BCUT2D eigenvalue weighted by molar-refractivity contribution is 7.09. The van der Waals surface area contributed by atoms with Gasteiger partial charge < -0.3 is 5.32 Å². The number of thiazole rings is 1. The number of anilines is 1. The molecule has 0 atom stereocenters. The van der Waals surface area contributed by atoms with Gasteiger partial charge in [-0.25, -0.2) is 4.98 Å². The molecule has 2 rings (SSSR count). The van der Waals surface area contributed by atoms with E-state index in [2.05, 4.69) is 25.9 Å². The summed E-state index contributed by atoms with van der Waals surface area (Å²) in [7, 11) is 0. The monoisotopic (exact) mass is 234 g/mol. The molecule has 2 aromatic heterocycles. The Morgan fingerprint density at radius 3 is 2.75 bits per heavy atom. The Morgan fingerprint density at radius 2 is 2.12 bits per heavy atom. The van der Waals surface area contributed by atoms with Gasteiger partial charge in [-0.2, -0.15) is 5.10 Å². The third-order valence-electron chi connectivity index (χ3n) is 2.15. The first-order valence-electron chi connectivity index (χ1n) is 5.19. The topological polar surface area (TPSA) is 50.7 Å². The summed E-state index contributed by atoms with van der Waals surface area (Å²) in [5.74, 6) is 0.817. The molecule has 0 bridgehead atoms. The fourth-order valence-electron chi connectivity index (χ4n) is 1.33. The molecule has 1 N–H and O–H groups in total. The highest BCUT2D eigenvalue weighted by Crippen LogP contribution is 2.08. The first kappa shape index (κ1) is 11.0. The van der Waals surface area contributed by atoms with E-state index in [0.29, 0.717) is 0 Å². The van der Waals surface area contributed by atoms with Gasteiger partial charge in [0.2, 0.25) is 0 Å². The van der Waals surface area contributed by atoms with Crippen molar-refractivity contribution in [3.8, 4) is 0 Å². The number of rotatable bonds is 4. The average molecular weight is 234 g/mol. The van der Waals surface area contributed by atoms with Gasteiger partial charge in [0.1, 0.15) is 5.82 Å². The van der Waals surface area contributed by atoms with Crippen LogP contribution < -0.4 is 5.32 Å². The van der Waals surface area contributed by atoms with Crippen LogP contribution in [0.3, 0.4) is 0 Å². The lowest BCUT2D eigenvalue weighted by Crippen LogP contribution is -2.07. The highest BCUT2D eigenvalue weighted by atomic mass is 32.1. The maximum Gasteiger partial charge on any atom is 0.148 e. The van der Waals surface area contributed by atoms with Crippen LogP contribution in [0.5, 0.6) is 0 Å². The molecule has 0 spiro atoms. The molecule has 0 saturated heterocycles. The third kappa shape index (κ3) is 3.00. The van der Waals surface area contributed by atoms with Crippen LogP contribution in [0.15, 0.2) is 17.5 Å². The molecule has 0 saturated carbocycles. The van der Waals surface area contributed by atoms with Crippen molar-refractivity contribution in [1.29, 1.82) is 0 Å². The molecule has 84 valence electrons. The molecule has 0 aliphatic heterocycles. The molecule has 0 unspecified atom stereocenters.